The molecule has 0 aromatic heterocycles. The van der Waals surface area contributed by atoms with Gasteiger partial charge in [-0.15, -0.1) is 0 Å². The van der Waals surface area contributed by atoms with Gasteiger partial charge in [-0.2, -0.15) is 0 Å². The van der Waals surface area contributed by atoms with Crippen LogP contribution in [0.5, 0.6) is 57.5 Å². The second-order valence-corrected chi connectivity index (χ2v) is 39.1. The number of phenols is 4. The van der Waals surface area contributed by atoms with Gasteiger partial charge in [0.05, 0.1) is 13.0 Å². The minimum Gasteiger partial charge on any atom is -0.508 e. The topological polar surface area (TPSA) is 243 Å². The monoisotopic (exact) mass is 2080 g/mol. The lowest BCUT2D eigenvalue weighted by Gasteiger charge is -2.21. The van der Waals surface area contributed by atoms with Gasteiger partial charge in [-0.25, -0.2) is 4.79 Å². The molecule has 0 saturated heterocycles. The fourth-order valence-corrected chi connectivity index (χ4v) is 13.7. The normalized spacial score (nSPS) is 13.5. The number of hydrogen-bond acceptors (Lipinski definition) is 19. The van der Waals surface area contributed by atoms with Crippen molar-refractivity contribution in [2.24, 2.45) is 5.92 Å². The molecule has 0 saturated carbocycles. The Morgan fingerprint density at radius 3 is 0.620 bits per heavy atom. The average Bonchev–Trinajstić information content (AvgIpc) is 0.888. The van der Waals surface area contributed by atoms with E-state index in [9.17, 15) is 14.4 Å². The highest BCUT2D eigenvalue weighted by Gasteiger charge is 2.21. The van der Waals surface area contributed by atoms with Gasteiger partial charge in [0, 0.05) is 32.8 Å². The number of hydrogen-bond donors (Lipinski definition) is 4. The van der Waals surface area contributed by atoms with Gasteiger partial charge in [0.25, 0.3) is 0 Å². The molecule has 10 rings (SSSR count). The smallest absolute Gasteiger partial charge is 0.508 e. The lowest BCUT2D eigenvalue weighted by Crippen LogP contribution is -2.27. The molecule has 0 aliphatic heterocycles. The van der Waals surface area contributed by atoms with Crippen LogP contribution < -0.4 is 28.4 Å². The first-order chi connectivity index (χ1) is 71.3. The fraction of sp³-hybridized carbons (Fsp3) is 0.519. The van der Waals surface area contributed by atoms with Crippen molar-refractivity contribution in [1.29, 1.82) is 0 Å². The number of esters is 1. The molecule has 0 heterocycles. The molecule has 10 aromatic rings. The summed E-state index contributed by atoms with van der Waals surface area (Å²) in [5.74, 6) is 12.0. The summed E-state index contributed by atoms with van der Waals surface area (Å²) in [5, 5.41) is 36.0. The van der Waals surface area contributed by atoms with E-state index in [2.05, 4.69) is 211 Å². The molecule has 0 aliphatic rings. The first-order valence-corrected chi connectivity index (χ1v) is 55.3. The summed E-state index contributed by atoms with van der Waals surface area (Å²) in [7, 11) is 1.29. The van der Waals surface area contributed by atoms with Crippen molar-refractivity contribution in [1.82, 2.24) is 0 Å². The molecule has 0 radical (unpaired) electrons. The molecule has 15 unspecified atom stereocenters. The summed E-state index contributed by atoms with van der Waals surface area (Å²) in [6.45, 7) is 73.4. The maximum absolute atomic E-state index is 11.2. The number of methoxy groups -OCH3 is 1. The Labute approximate surface area is 908 Å². The second-order valence-electron chi connectivity index (χ2n) is 39.1. The zero-order valence-electron chi connectivity index (χ0n) is 98.7. The quantitative estimate of drug-likeness (QED) is 0.0158. The summed E-state index contributed by atoms with van der Waals surface area (Å²) < 4.78 is 63.7. The van der Waals surface area contributed by atoms with Gasteiger partial charge in [0.2, 0.25) is 0 Å². The molecule has 0 fully saturated rings. The number of carbonyl (C=O) groups is 3. The first kappa shape index (κ1) is 139. The maximum Gasteiger partial charge on any atom is 0.513 e. The van der Waals surface area contributed by atoms with E-state index in [0.717, 1.165) is 106 Å². The number of rotatable bonds is 43. The highest BCUT2D eigenvalue weighted by atomic mass is 16.7. The minimum atomic E-state index is -0.689. The maximum atomic E-state index is 11.2. The predicted molar refractivity (Wildman–Crippen MR) is 624 cm³/mol. The molecule has 0 aliphatic carbocycles. The number of aromatic hydroxyl groups is 4. The summed E-state index contributed by atoms with van der Waals surface area (Å²) >= 11 is 0. The summed E-state index contributed by atoms with van der Waals surface area (Å²) in [6, 6.07) is 78.3. The van der Waals surface area contributed by atoms with E-state index in [1.165, 1.54) is 69.7 Å². The van der Waals surface area contributed by atoms with Crippen LogP contribution in [0.15, 0.2) is 243 Å². The number of carbonyl (C=O) groups excluding carboxylic acids is 3. The lowest BCUT2D eigenvalue weighted by molar-refractivity contribution is -0.159. The molecule has 0 spiro atoms. The molecule has 0 bridgehead atoms. The molecule has 19 nitrogen and oxygen atoms in total. The van der Waals surface area contributed by atoms with Crippen LogP contribution in [0.4, 0.5) is 4.79 Å². The Bertz CT molecular complexity index is 4610. The Morgan fingerprint density at radius 1 is 0.253 bits per heavy atom. The van der Waals surface area contributed by atoms with E-state index in [-0.39, 0.29) is 55.0 Å². The minimum absolute atomic E-state index is 0.0224. The van der Waals surface area contributed by atoms with Crippen molar-refractivity contribution < 1.29 is 91.7 Å². The number of ketones is 1. The van der Waals surface area contributed by atoms with Gasteiger partial charge in [-0.1, -0.05) is 281 Å². The molecule has 19 heteroatoms. The Morgan fingerprint density at radius 2 is 0.447 bits per heavy atom. The van der Waals surface area contributed by atoms with Crippen LogP contribution in [0.3, 0.4) is 0 Å². The van der Waals surface area contributed by atoms with Gasteiger partial charge < -0.3 is 77.3 Å². The second kappa shape index (κ2) is 81.4. The van der Waals surface area contributed by atoms with E-state index in [0.29, 0.717) is 114 Å². The molecule has 0 amide bonds. The van der Waals surface area contributed by atoms with Gasteiger partial charge >= 0.3 is 12.1 Å². The van der Waals surface area contributed by atoms with Crippen molar-refractivity contribution >= 4 is 17.9 Å². The van der Waals surface area contributed by atoms with Gasteiger partial charge in [0.1, 0.15) is 69.7 Å². The molecule has 10 aromatic carbocycles. The number of phenolic OH excluding ortho intramolecular Hbond substituents is 4. The zero-order valence-corrected chi connectivity index (χ0v) is 98.7. The van der Waals surface area contributed by atoms with Crippen molar-refractivity contribution in [3.8, 4) is 57.5 Å². The van der Waals surface area contributed by atoms with Crippen molar-refractivity contribution in [3.63, 3.8) is 0 Å². The van der Waals surface area contributed by atoms with Crippen LogP contribution in [-0.4, -0.2) is 109 Å². The average molecular weight is 2080 g/mol. The third-order valence-corrected chi connectivity index (χ3v) is 26.0. The van der Waals surface area contributed by atoms with Gasteiger partial charge in [-0.05, 0) is 383 Å². The lowest BCUT2D eigenvalue weighted by atomic mass is 9.99. The molecule has 836 valence electrons. The third kappa shape index (κ3) is 62.5. The first-order valence-electron chi connectivity index (χ1n) is 55.3. The molecule has 150 heavy (non-hydrogen) atoms. The number of benzene rings is 10. The van der Waals surface area contributed by atoms with Crippen LogP contribution in [0, 0.1) is 5.92 Å². The van der Waals surface area contributed by atoms with Crippen LogP contribution in [0.1, 0.15) is 427 Å². The highest BCUT2D eigenvalue weighted by molar-refractivity contribution is 5.77. The number of ether oxygens (including phenoxy) is 12. The van der Waals surface area contributed by atoms with E-state index in [1.54, 1.807) is 60.7 Å². The molecular weight excluding hydrogens is 1880 g/mol. The Hall–Kier alpha value is -11.4. The van der Waals surface area contributed by atoms with Crippen LogP contribution in [-0.2, 0) is 38.0 Å². The number of Topliss-reactive ketones (excluding diaryl/α,β-unsaturated/α-hetero) is 1. The van der Waals surface area contributed by atoms with Gasteiger partial charge in [0.15, 0.2) is 30.9 Å². The third-order valence-electron chi connectivity index (χ3n) is 26.0. The van der Waals surface area contributed by atoms with Crippen molar-refractivity contribution in [2.45, 2.75) is 402 Å². The standard InChI is InChI=1S/C15H24O2.3C14H22O2.C13H18O2.C12H16O3.4C10H14O.C9H18O2/c1-5-12(4)13-8-10-14(11-9-13)17-15(6-2)16-7-3;3*1-5-11(3)13-7-9-14(10-8-13)16-12(4)15-6-2;1-4-10(2)12-5-7-13(8-6-12)15-9-11(3)14;1-4-9(2)10-5-7-11(8-6-10)15-12(13)14-3;4*1-3-8(2)9-4-6-10(11)7-5-9;1-6-7(2)8(10)11-9(3,4)5/h8-12,15H,5-7H2,1-4H3;3*7-12H,5-6H2,1-4H3;5-8,10H,4,9H2,1-3H3;5-9H,4H2,1-3H3;4*4-8,11H,3H2,1-2H3;7H,6H2,1-5H3. The van der Waals surface area contributed by atoms with E-state index in [1.807, 2.05) is 204 Å². The van der Waals surface area contributed by atoms with Gasteiger partial charge in [-0.3, -0.25) is 9.59 Å². The largest absolute Gasteiger partial charge is 0.513 e. The molecule has 15 atom stereocenters. The summed E-state index contributed by atoms with van der Waals surface area (Å²) in [5.41, 5.74) is 12.8. The Kier molecular flexibility index (Phi) is 75.3. The predicted octanol–water partition coefficient (Wildman–Crippen LogP) is 36.7. The Balaban J connectivity index is 0.00000163. The van der Waals surface area contributed by atoms with Crippen molar-refractivity contribution in [2.75, 3.05) is 40.1 Å². The van der Waals surface area contributed by atoms with Crippen LogP contribution in [0.2, 0.25) is 0 Å². The van der Waals surface area contributed by atoms with E-state index < -0.39 is 6.16 Å². The van der Waals surface area contributed by atoms with E-state index >= 15 is 0 Å². The zero-order chi connectivity index (χ0) is 113. The van der Waals surface area contributed by atoms with E-state index in [4.69, 9.17) is 72.5 Å². The SMILES string of the molecule is CCC(C)C(=O)OC(C)(C)C.CCC(C)c1ccc(O)cc1.CCC(C)c1ccc(O)cc1.CCC(C)c1ccc(O)cc1.CCC(C)c1ccc(O)cc1.CCC(C)c1ccc(OC(=O)OC)cc1.CCC(C)c1ccc(OCC(C)=O)cc1.CCOC(C)Oc1ccc(C(C)CC)cc1.CCOC(C)Oc1ccc(C(C)CC)cc1.CCOC(C)Oc1ccc(C(C)CC)cc1.CCOC(CC)Oc1ccc(C(C)CC)cc1. The molecule has 4 N–H and O–H groups in total. The summed E-state index contributed by atoms with van der Waals surface area (Å²) in [6.07, 6.45) is 11.8. The molecular formula is C131H198O19. The van der Waals surface area contributed by atoms with Crippen LogP contribution >= 0.6 is 0 Å². The van der Waals surface area contributed by atoms with Crippen LogP contribution in [0.25, 0.3) is 0 Å². The van der Waals surface area contributed by atoms with Crippen molar-refractivity contribution in [3.05, 3.63) is 298 Å². The summed E-state index contributed by atoms with van der Waals surface area (Å²) in [4.78, 5) is 32.7. The fourth-order valence-electron chi connectivity index (χ4n) is 13.7. The highest BCUT2D eigenvalue weighted by Crippen LogP contribution is 2.32.